The first-order chi connectivity index (χ1) is 16.5. The summed E-state index contributed by atoms with van der Waals surface area (Å²) < 4.78 is 0. The SMILES string of the molecule is CCCCNC(=O)CN1CCN(C(=NCCc2ccccc2)Nc2cccc(C(=O)O)c2)CC1. The van der Waals surface area contributed by atoms with E-state index in [4.69, 9.17) is 4.99 Å². The number of carbonyl (C=O) groups is 2. The summed E-state index contributed by atoms with van der Waals surface area (Å²) in [5.41, 5.74) is 2.14. The number of aliphatic imine (C=N–C) groups is 1. The van der Waals surface area contributed by atoms with E-state index in [0.717, 1.165) is 57.9 Å². The second kappa shape index (κ2) is 13.3. The highest BCUT2D eigenvalue weighted by atomic mass is 16.4. The van der Waals surface area contributed by atoms with Crippen molar-refractivity contribution < 1.29 is 14.7 Å². The molecule has 2 aromatic rings. The van der Waals surface area contributed by atoms with Crippen molar-refractivity contribution in [2.45, 2.75) is 26.2 Å². The molecule has 0 unspecified atom stereocenters. The van der Waals surface area contributed by atoms with Gasteiger partial charge in [0.15, 0.2) is 5.96 Å². The van der Waals surface area contributed by atoms with E-state index >= 15 is 0 Å². The maximum absolute atomic E-state index is 12.2. The van der Waals surface area contributed by atoms with E-state index in [1.807, 2.05) is 24.3 Å². The highest BCUT2D eigenvalue weighted by molar-refractivity contribution is 5.96. The molecule has 182 valence electrons. The molecule has 1 saturated heterocycles. The Labute approximate surface area is 201 Å². The van der Waals surface area contributed by atoms with Gasteiger partial charge in [0.1, 0.15) is 0 Å². The van der Waals surface area contributed by atoms with Crippen molar-refractivity contribution in [3.05, 3.63) is 65.7 Å². The molecule has 0 radical (unpaired) electrons. The Hall–Kier alpha value is -3.39. The van der Waals surface area contributed by atoms with Crippen LogP contribution in [-0.4, -0.2) is 78.6 Å². The number of hydrogen-bond acceptors (Lipinski definition) is 4. The number of guanidine groups is 1. The van der Waals surface area contributed by atoms with Crippen LogP contribution in [-0.2, 0) is 11.2 Å². The minimum Gasteiger partial charge on any atom is -0.478 e. The van der Waals surface area contributed by atoms with E-state index in [1.165, 1.54) is 5.56 Å². The van der Waals surface area contributed by atoms with Crippen LogP contribution in [0.15, 0.2) is 59.6 Å². The van der Waals surface area contributed by atoms with Crippen LogP contribution in [0.2, 0.25) is 0 Å². The molecule has 34 heavy (non-hydrogen) atoms. The molecule has 3 N–H and O–H groups in total. The number of benzene rings is 2. The summed E-state index contributed by atoms with van der Waals surface area (Å²) in [6.07, 6.45) is 2.88. The van der Waals surface area contributed by atoms with Gasteiger partial charge in [-0.3, -0.25) is 14.7 Å². The predicted octanol–water partition coefficient (Wildman–Crippen LogP) is 2.93. The number of carboxylic acids is 1. The second-order valence-corrected chi connectivity index (χ2v) is 8.42. The van der Waals surface area contributed by atoms with Gasteiger partial charge in [-0.25, -0.2) is 4.79 Å². The van der Waals surface area contributed by atoms with E-state index < -0.39 is 5.97 Å². The van der Waals surface area contributed by atoms with Crippen molar-refractivity contribution in [3.8, 4) is 0 Å². The summed E-state index contributed by atoms with van der Waals surface area (Å²) in [5, 5.41) is 15.6. The van der Waals surface area contributed by atoms with Crippen molar-refractivity contribution >= 4 is 23.5 Å². The van der Waals surface area contributed by atoms with Crippen LogP contribution in [0.4, 0.5) is 5.69 Å². The summed E-state index contributed by atoms with van der Waals surface area (Å²) in [6.45, 7) is 6.85. The zero-order chi connectivity index (χ0) is 24.2. The Bertz CT molecular complexity index is 956. The molecule has 0 spiro atoms. The maximum atomic E-state index is 12.2. The standard InChI is InChI=1S/C26H35N5O3/c1-2-3-13-27-24(32)20-30-15-17-31(18-16-30)26(28-14-12-21-8-5-4-6-9-21)29-23-11-7-10-22(19-23)25(33)34/h4-11,19H,2-3,12-18,20H2,1H3,(H,27,32)(H,28,29)(H,33,34). The summed E-state index contributed by atoms with van der Waals surface area (Å²) >= 11 is 0. The highest BCUT2D eigenvalue weighted by Gasteiger charge is 2.21. The van der Waals surface area contributed by atoms with Crippen molar-refractivity contribution in [1.82, 2.24) is 15.1 Å². The Morgan fingerprint density at radius 1 is 1.03 bits per heavy atom. The smallest absolute Gasteiger partial charge is 0.335 e. The lowest BCUT2D eigenvalue weighted by Crippen LogP contribution is -2.52. The number of hydrogen-bond donors (Lipinski definition) is 3. The third-order valence-corrected chi connectivity index (χ3v) is 5.76. The number of amides is 1. The molecule has 2 aromatic carbocycles. The van der Waals surface area contributed by atoms with Crippen LogP contribution in [0.3, 0.4) is 0 Å². The molecule has 1 heterocycles. The molecule has 0 bridgehead atoms. The monoisotopic (exact) mass is 465 g/mol. The van der Waals surface area contributed by atoms with Gasteiger partial charge in [-0.2, -0.15) is 0 Å². The normalized spacial score (nSPS) is 14.6. The molecular formula is C26H35N5O3. The number of rotatable bonds is 10. The van der Waals surface area contributed by atoms with E-state index in [1.54, 1.807) is 18.2 Å². The lowest BCUT2D eigenvalue weighted by atomic mass is 10.1. The minimum absolute atomic E-state index is 0.0715. The Morgan fingerprint density at radius 2 is 1.79 bits per heavy atom. The number of unbranched alkanes of at least 4 members (excludes halogenated alkanes) is 1. The van der Waals surface area contributed by atoms with Gasteiger partial charge in [-0.05, 0) is 36.6 Å². The molecule has 8 heteroatoms. The lowest BCUT2D eigenvalue weighted by molar-refractivity contribution is -0.122. The van der Waals surface area contributed by atoms with E-state index in [-0.39, 0.29) is 11.5 Å². The molecule has 0 aliphatic carbocycles. The van der Waals surface area contributed by atoms with Gasteiger partial charge in [0.2, 0.25) is 5.91 Å². The van der Waals surface area contributed by atoms with Crippen LogP contribution in [0.1, 0.15) is 35.7 Å². The summed E-state index contributed by atoms with van der Waals surface area (Å²) in [4.78, 5) is 32.7. The van der Waals surface area contributed by atoms with Crippen LogP contribution in [0, 0.1) is 0 Å². The molecule has 1 fully saturated rings. The first kappa shape index (κ1) is 25.2. The van der Waals surface area contributed by atoms with Crippen molar-refractivity contribution in [3.63, 3.8) is 0 Å². The average Bonchev–Trinajstić information content (AvgIpc) is 2.85. The van der Waals surface area contributed by atoms with Crippen molar-refractivity contribution in [2.24, 2.45) is 4.99 Å². The Kier molecular flexibility index (Phi) is 9.91. The third kappa shape index (κ3) is 8.19. The second-order valence-electron chi connectivity index (χ2n) is 8.42. The fourth-order valence-corrected chi connectivity index (χ4v) is 3.79. The summed E-state index contributed by atoms with van der Waals surface area (Å²) in [6, 6.07) is 17.0. The molecule has 8 nitrogen and oxygen atoms in total. The number of nitrogens with zero attached hydrogens (tertiary/aromatic N) is 3. The van der Waals surface area contributed by atoms with Crippen molar-refractivity contribution in [1.29, 1.82) is 0 Å². The van der Waals surface area contributed by atoms with Gasteiger partial charge < -0.3 is 20.6 Å². The van der Waals surface area contributed by atoms with Gasteiger partial charge in [0.05, 0.1) is 12.1 Å². The summed E-state index contributed by atoms with van der Waals surface area (Å²) in [7, 11) is 0. The zero-order valence-electron chi connectivity index (χ0n) is 19.9. The van der Waals surface area contributed by atoms with Gasteiger partial charge >= 0.3 is 5.97 Å². The number of piperazine rings is 1. The summed E-state index contributed by atoms with van der Waals surface area (Å²) in [5.74, 6) is -0.162. The number of anilines is 1. The molecule has 1 aliphatic heterocycles. The van der Waals surface area contributed by atoms with Gasteiger partial charge in [0.25, 0.3) is 0 Å². The lowest BCUT2D eigenvalue weighted by Gasteiger charge is -2.36. The molecule has 1 aliphatic rings. The van der Waals surface area contributed by atoms with Crippen LogP contribution < -0.4 is 10.6 Å². The molecule has 0 aromatic heterocycles. The molecule has 0 saturated carbocycles. The Balaban J connectivity index is 1.62. The minimum atomic E-state index is -0.961. The number of nitrogens with one attached hydrogen (secondary N) is 2. The van der Waals surface area contributed by atoms with Gasteiger partial charge in [-0.1, -0.05) is 49.7 Å². The molecular weight excluding hydrogens is 430 g/mol. The fraction of sp³-hybridized carbons (Fsp3) is 0.423. The predicted molar refractivity (Wildman–Crippen MR) is 135 cm³/mol. The van der Waals surface area contributed by atoms with E-state index in [0.29, 0.717) is 18.8 Å². The van der Waals surface area contributed by atoms with Crippen LogP contribution >= 0.6 is 0 Å². The maximum Gasteiger partial charge on any atom is 0.335 e. The largest absolute Gasteiger partial charge is 0.478 e. The van der Waals surface area contributed by atoms with Gasteiger partial charge in [-0.15, -0.1) is 0 Å². The first-order valence-electron chi connectivity index (χ1n) is 12.0. The number of carboxylic acid groups (broad SMARTS) is 1. The average molecular weight is 466 g/mol. The van der Waals surface area contributed by atoms with Crippen LogP contribution in [0.5, 0.6) is 0 Å². The molecule has 3 rings (SSSR count). The fourth-order valence-electron chi connectivity index (χ4n) is 3.79. The topological polar surface area (TPSA) is 97.3 Å². The number of carbonyl (C=O) groups excluding carboxylic acids is 1. The third-order valence-electron chi connectivity index (χ3n) is 5.76. The number of aromatic carboxylic acids is 1. The quantitative estimate of drug-likeness (QED) is 0.284. The zero-order valence-corrected chi connectivity index (χ0v) is 19.9. The van der Waals surface area contributed by atoms with E-state index in [9.17, 15) is 14.7 Å². The molecule has 0 atom stereocenters. The van der Waals surface area contributed by atoms with Crippen molar-refractivity contribution in [2.75, 3.05) is 51.1 Å². The molecule has 1 amide bonds. The highest BCUT2D eigenvalue weighted by Crippen LogP contribution is 2.13. The van der Waals surface area contributed by atoms with Gasteiger partial charge in [0, 0.05) is 45.0 Å². The first-order valence-corrected chi connectivity index (χ1v) is 12.0. The van der Waals surface area contributed by atoms with E-state index in [2.05, 4.69) is 39.5 Å². The van der Waals surface area contributed by atoms with Crippen LogP contribution in [0.25, 0.3) is 0 Å². The Morgan fingerprint density at radius 3 is 2.50 bits per heavy atom.